The van der Waals surface area contributed by atoms with Gasteiger partial charge in [-0.3, -0.25) is 0 Å². The van der Waals surface area contributed by atoms with Crippen LogP contribution in [0.4, 0.5) is 0 Å². The summed E-state index contributed by atoms with van der Waals surface area (Å²) in [6, 6.07) is 19.8. The number of hydrogen-bond acceptors (Lipinski definition) is 5. The molecule has 3 aliphatic heterocycles. The molecular weight excluding hydrogens is 438 g/mol. The van der Waals surface area contributed by atoms with E-state index in [1.54, 1.807) is 7.11 Å². The van der Waals surface area contributed by atoms with E-state index in [0.29, 0.717) is 24.8 Å². The zero-order valence-corrected chi connectivity index (χ0v) is 18.7. The van der Waals surface area contributed by atoms with Gasteiger partial charge in [-0.05, 0) is 35.9 Å². The summed E-state index contributed by atoms with van der Waals surface area (Å²) in [7, 11) is 1.67. The van der Waals surface area contributed by atoms with E-state index < -0.39 is 0 Å². The van der Waals surface area contributed by atoms with Crippen molar-refractivity contribution in [3.63, 3.8) is 0 Å². The molecule has 0 N–H and O–H groups in total. The number of ether oxygens (including phenoxy) is 3. The fraction of sp³-hybridized carbons (Fsp3) is 0.154. The summed E-state index contributed by atoms with van der Waals surface area (Å²) in [4.78, 5) is 0. The van der Waals surface area contributed by atoms with Crippen LogP contribution in [0, 0.1) is 0 Å². The highest BCUT2D eigenvalue weighted by Crippen LogP contribution is 2.42. The van der Waals surface area contributed by atoms with Gasteiger partial charge in [0, 0.05) is 40.3 Å². The fourth-order valence-electron chi connectivity index (χ4n) is 4.25. The van der Waals surface area contributed by atoms with Gasteiger partial charge in [-0.15, -0.1) is 10.2 Å². The first-order chi connectivity index (χ1) is 16.2. The van der Waals surface area contributed by atoms with Gasteiger partial charge in [0.1, 0.15) is 30.4 Å². The van der Waals surface area contributed by atoms with Crippen LogP contribution in [0.2, 0.25) is 5.02 Å². The molecule has 0 unspecified atom stereocenters. The summed E-state index contributed by atoms with van der Waals surface area (Å²) in [6.45, 7) is 1.74. The van der Waals surface area contributed by atoms with Gasteiger partial charge in [-0.1, -0.05) is 35.9 Å². The molecule has 164 valence electrons. The quantitative estimate of drug-likeness (QED) is 0.347. The predicted molar refractivity (Wildman–Crippen MR) is 128 cm³/mol. The second-order valence-electron chi connectivity index (χ2n) is 7.94. The van der Waals surface area contributed by atoms with Crippen LogP contribution < -0.4 is 14.2 Å². The Morgan fingerprint density at radius 2 is 1.61 bits per heavy atom. The Labute approximate surface area is 195 Å². The third-order valence-corrected chi connectivity index (χ3v) is 6.15. The number of nitrogens with zero attached hydrogens (tertiary/aromatic N) is 3. The Hall–Kier alpha value is -3.77. The first-order valence-corrected chi connectivity index (χ1v) is 11.0. The van der Waals surface area contributed by atoms with Crippen molar-refractivity contribution < 1.29 is 14.2 Å². The predicted octanol–water partition coefficient (Wildman–Crippen LogP) is 5.68. The molecular formula is C26H20ClN3O3. The lowest BCUT2D eigenvalue weighted by Crippen LogP contribution is -2.15. The number of benzene rings is 3. The Morgan fingerprint density at radius 3 is 2.33 bits per heavy atom. The molecule has 6 rings (SSSR count). The molecule has 3 aromatic carbocycles. The first-order valence-electron chi connectivity index (χ1n) is 10.7. The van der Waals surface area contributed by atoms with E-state index in [1.165, 1.54) is 0 Å². The molecule has 33 heavy (non-hydrogen) atoms. The molecule has 0 saturated carbocycles. The van der Waals surface area contributed by atoms with E-state index >= 15 is 0 Å². The van der Waals surface area contributed by atoms with Gasteiger partial charge in [0.25, 0.3) is 0 Å². The maximum atomic E-state index is 6.10. The molecule has 0 spiro atoms. The van der Waals surface area contributed by atoms with Crippen LogP contribution in [0.3, 0.4) is 0 Å². The molecule has 6 nitrogen and oxygen atoms in total. The van der Waals surface area contributed by atoms with Crippen molar-refractivity contribution in [3.8, 4) is 39.8 Å². The highest BCUT2D eigenvalue weighted by molar-refractivity contribution is 6.30. The maximum absolute atomic E-state index is 6.10. The summed E-state index contributed by atoms with van der Waals surface area (Å²) in [6.07, 6.45) is 2.11. The lowest BCUT2D eigenvalue weighted by atomic mass is 10.0. The Kier molecular flexibility index (Phi) is 4.80. The van der Waals surface area contributed by atoms with Crippen molar-refractivity contribution in [2.24, 2.45) is 0 Å². The normalized spacial score (nSPS) is 12.9. The van der Waals surface area contributed by atoms with Crippen molar-refractivity contribution in [3.05, 3.63) is 77.4 Å². The summed E-state index contributed by atoms with van der Waals surface area (Å²) in [5.74, 6) is 2.31. The number of hydrogen-bond donors (Lipinski definition) is 0. The average Bonchev–Trinajstić information content (AvgIpc) is 3.28. The van der Waals surface area contributed by atoms with Crippen LogP contribution in [-0.4, -0.2) is 35.1 Å². The van der Waals surface area contributed by atoms with Gasteiger partial charge in [0.15, 0.2) is 11.5 Å². The molecule has 0 aromatic heterocycles. The molecule has 3 aliphatic rings. The number of rotatable bonds is 4. The Bertz CT molecular complexity index is 1430. The standard InChI is InChI=1S/C26H20ClN3O3/c1-31-19-8-2-16(3-9-19)14-30-15-21-25(17-4-6-18(27)7-5-17)28-29-26(21)20-12-23-24(13-22(20)30)33-11-10-32-23/h2-9,12-13,15H,10-11,14H2,1H3. The molecule has 0 radical (unpaired) electrons. The molecule has 0 atom stereocenters. The molecule has 0 aliphatic carbocycles. The SMILES string of the molecule is COc1ccc(Cn2cc3c(-c4ccc(Cl)cc4)nnc-3c3cc4c(cc32)OCCO4)cc1. The second-order valence-corrected chi connectivity index (χ2v) is 8.37. The average molecular weight is 458 g/mol. The number of methoxy groups -OCH3 is 1. The van der Waals surface area contributed by atoms with Crippen LogP contribution in [0.5, 0.6) is 17.2 Å². The molecule has 0 amide bonds. The van der Waals surface area contributed by atoms with Crippen LogP contribution in [0.25, 0.3) is 33.4 Å². The van der Waals surface area contributed by atoms with E-state index in [2.05, 4.69) is 33.1 Å². The van der Waals surface area contributed by atoms with E-state index in [9.17, 15) is 0 Å². The lowest BCUT2D eigenvalue weighted by molar-refractivity contribution is 0.172. The number of halogens is 1. The lowest BCUT2D eigenvalue weighted by Gasteiger charge is -2.21. The van der Waals surface area contributed by atoms with Gasteiger partial charge in [-0.25, -0.2) is 0 Å². The first kappa shape index (κ1) is 19.9. The van der Waals surface area contributed by atoms with Crippen LogP contribution in [0.15, 0.2) is 66.9 Å². The van der Waals surface area contributed by atoms with E-state index in [-0.39, 0.29) is 0 Å². The largest absolute Gasteiger partial charge is 0.497 e. The summed E-state index contributed by atoms with van der Waals surface area (Å²) in [5, 5.41) is 10.7. The number of pyridine rings is 1. The van der Waals surface area contributed by atoms with Crippen LogP contribution in [-0.2, 0) is 6.54 Å². The van der Waals surface area contributed by atoms with Crippen molar-refractivity contribution in [2.45, 2.75) is 6.54 Å². The van der Waals surface area contributed by atoms with Gasteiger partial charge in [0.2, 0.25) is 0 Å². The van der Waals surface area contributed by atoms with E-state index in [0.717, 1.165) is 56.2 Å². The van der Waals surface area contributed by atoms with E-state index in [4.69, 9.17) is 25.8 Å². The minimum atomic E-state index is 0.531. The minimum absolute atomic E-state index is 0.531. The fourth-order valence-corrected chi connectivity index (χ4v) is 4.38. The Morgan fingerprint density at radius 1 is 0.909 bits per heavy atom. The van der Waals surface area contributed by atoms with Gasteiger partial charge in [-0.2, -0.15) is 0 Å². The van der Waals surface area contributed by atoms with Crippen LogP contribution in [0.1, 0.15) is 5.56 Å². The summed E-state index contributed by atoms with van der Waals surface area (Å²) >= 11 is 6.10. The molecule has 7 heteroatoms. The smallest absolute Gasteiger partial charge is 0.163 e. The van der Waals surface area contributed by atoms with Crippen molar-refractivity contribution in [2.75, 3.05) is 20.3 Å². The topological polar surface area (TPSA) is 58.4 Å². The highest BCUT2D eigenvalue weighted by Gasteiger charge is 2.23. The third kappa shape index (κ3) is 3.52. The zero-order chi connectivity index (χ0) is 22.4. The van der Waals surface area contributed by atoms with Crippen molar-refractivity contribution in [1.82, 2.24) is 14.8 Å². The molecule has 3 aromatic rings. The van der Waals surface area contributed by atoms with Gasteiger partial charge in [0.05, 0.1) is 12.6 Å². The monoisotopic (exact) mass is 457 g/mol. The van der Waals surface area contributed by atoms with Gasteiger partial charge < -0.3 is 18.8 Å². The summed E-state index contributed by atoms with van der Waals surface area (Å²) < 4.78 is 19.2. The van der Waals surface area contributed by atoms with E-state index in [1.807, 2.05) is 48.5 Å². The number of fused-ring (bicyclic) bond motifs is 4. The summed E-state index contributed by atoms with van der Waals surface area (Å²) in [5.41, 5.74) is 5.74. The van der Waals surface area contributed by atoms with Gasteiger partial charge >= 0.3 is 0 Å². The minimum Gasteiger partial charge on any atom is -0.497 e. The molecule has 0 saturated heterocycles. The zero-order valence-electron chi connectivity index (χ0n) is 17.9. The van der Waals surface area contributed by atoms with Crippen molar-refractivity contribution >= 4 is 22.5 Å². The molecule has 3 heterocycles. The molecule has 0 bridgehead atoms. The van der Waals surface area contributed by atoms with Crippen LogP contribution >= 0.6 is 11.6 Å². The molecule has 0 fully saturated rings. The van der Waals surface area contributed by atoms with Crippen molar-refractivity contribution in [1.29, 1.82) is 0 Å². The second kappa shape index (κ2) is 7.98. The third-order valence-electron chi connectivity index (χ3n) is 5.90. The number of aromatic nitrogens is 3. The maximum Gasteiger partial charge on any atom is 0.163 e. The Balaban J connectivity index is 1.56. The highest BCUT2D eigenvalue weighted by atomic mass is 35.5.